The van der Waals surface area contributed by atoms with Crippen molar-refractivity contribution in [1.29, 1.82) is 0 Å². The summed E-state index contributed by atoms with van der Waals surface area (Å²) in [5.74, 6) is 1.18. The monoisotopic (exact) mass is 426 g/mol. The number of aliphatic hydroxyl groups excluding tert-OH is 1. The number of pyridine rings is 1. The van der Waals surface area contributed by atoms with Gasteiger partial charge in [-0.2, -0.15) is 0 Å². The normalized spacial score (nSPS) is 30.6. The zero-order valence-corrected chi connectivity index (χ0v) is 16.1. The molecule has 2 aromatic rings. The number of nitrogen functional groups attached to an aromatic ring is 1. The van der Waals surface area contributed by atoms with Crippen molar-refractivity contribution in [3.63, 3.8) is 0 Å². The van der Waals surface area contributed by atoms with Crippen molar-refractivity contribution in [1.82, 2.24) is 9.88 Å². The zero-order chi connectivity index (χ0) is 18.3. The molecule has 2 atom stereocenters. The maximum atomic E-state index is 13.5. The summed E-state index contributed by atoms with van der Waals surface area (Å²) in [5.41, 5.74) is 6.38. The Morgan fingerprint density at radius 2 is 2.08 bits per heavy atom. The summed E-state index contributed by atoms with van der Waals surface area (Å²) in [6, 6.07) is 2.58. The number of halogens is 2. The van der Waals surface area contributed by atoms with E-state index >= 15 is 0 Å². The van der Waals surface area contributed by atoms with Crippen LogP contribution >= 0.6 is 15.9 Å². The van der Waals surface area contributed by atoms with Crippen LogP contribution in [0.25, 0.3) is 11.0 Å². The lowest BCUT2D eigenvalue weighted by atomic mass is 9.88. The van der Waals surface area contributed by atoms with Crippen LogP contribution in [0.5, 0.6) is 0 Å². The van der Waals surface area contributed by atoms with Crippen molar-refractivity contribution in [3.8, 4) is 0 Å². The van der Waals surface area contributed by atoms with Gasteiger partial charge in [0.25, 0.3) is 0 Å². The van der Waals surface area contributed by atoms with Crippen molar-refractivity contribution < 1.29 is 13.9 Å². The van der Waals surface area contributed by atoms with E-state index in [9.17, 15) is 9.50 Å². The smallest absolute Gasteiger partial charge is 0.191 e. The summed E-state index contributed by atoms with van der Waals surface area (Å²) in [6.07, 6.45) is 4.34. The van der Waals surface area contributed by atoms with Gasteiger partial charge in [-0.05, 0) is 48.0 Å². The molecule has 26 heavy (non-hydrogen) atoms. The Bertz CT molecular complexity index is 778. The number of nitrogens with one attached hydrogen (secondary N) is 1. The number of nitrogens with two attached hydrogens (primary N) is 1. The number of rotatable bonds is 3. The molecule has 6 nitrogen and oxygen atoms in total. The molecular weight excluding hydrogens is 403 g/mol. The average Bonchev–Trinajstić information content (AvgIpc) is 3.02. The molecule has 0 amide bonds. The number of nitrogens with zero attached hydrogens (tertiary/aromatic N) is 2. The molecule has 0 spiro atoms. The molecule has 1 aliphatic heterocycles. The van der Waals surface area contributed by atoms with Crippen LogP contribution in [0.1, 0.15) is 32.1 Å². The topological polar surface area (TPSA) is 87.5 Å². The first-order valence-corrected chi connectivity index (χ1v) is 9.97. The molecule has 2 fully saturated rings. The van der Waals surface area contributed by atoms with Gasteiger partial charge in [-0.15, -0.1) is 0 Å². The highest BCUT2D eigenvalue weighted by Gasteiger charge is 2.33. The highest BCUT2D eigenvalue weighted by molar-refractivity contribution is 9.10. The largest absolute Gasteiger partial charge is 0.439 e. The highest BCUT2D eigenvalue weighted by Crippen LogP contribution is 2.34. The summed E-state index contributed by atoms with van der Waals surface area (Å²) >= 11 is 3.60. The van der Waals surface area contributed by atoms with Crippen molar-refractivity contribution in [2.75, 3.05) is 24.1 Å². The van der Waals surface area contributed by atoms with Gasteiger partial charge in [-0.25, -0.2) is 9.37 Å². The Hall–Kier alpha value is -1.38. The number of likely N-dealkylation sites (tertiary alicyclic amines) is 1. The predicted octanol–water partition coefficient (Wildman–Crippen LogP) is 3.30. The first kappa shape index (κ1) is 18.0. The number of hydrogen-bond acceptors (Lipinski definition) is 6. The minimum atomic E-state index is -1.07. The Morgan fingerprint density at radius 3 is 2.81 bits per heavy atom. The van der Waals surface area contributed by atoms with E-state index in [4.69, 9.17) is 10.2 Å². The van der Waals surface area contributed by atoms with E-state index < -0.39 is 12.3 Å². The number of β-amino-alcohol motifs (C(OH)–C–C–N with tert-alkyl or cyclic N) is 1. The average molecular weight is 427 g/mol. The van der Waals surface area contributed by atoms with Gasteiger partial charge >= 0.3 is 0 Å². The summed E-state index contributed by atoms with van der Waals surface area (Å²) in [4.78, 5) is 6.70. The SMILES string of the molecule is Nc1cc2c(Br)c(NC3CCC(N4CC[C@@H](F)C(O)C4)CC3)ncc2o1. The predicted molar refractivity (Wildman–Crippen MR) is 103 cm³/mol. The van der Waals surface area contributed by atoms with Gasteiger partial charge in [0, 0.05) is 36.6 Å². The van der Waals surface area contributed by atoms with Crippen molar-refractivity contribution in [3.05, 3.63) is 16.7 Å². The second-order valence-corrected chi connectivity index (χ2v) is 8.16. The van der Waals surface area contributed by atoms with Gasteiger partial charge in [0.1, 0.15) is 12.0 Å². The van der Waals surface area contributed by atoms with Crippen LogP contribution in [0.4, 0.5) is 16.1 Å². The van der Waals surface area contributed by atoms with Gasteiger partial charge in [-0.1, -0.05) is 0 Å². The molecule has 2 aromatic heterocycles. The van der Waals surface area contributed by atoms with E-state index in [-0.39, 0.29) is 0 Å². The van der Waals surface area contributed by atoms with Crippen LogP contribution in [0.2, 0.25) is 0 Å². The highest BCUT2D eigenvalue weighted by atomic mass is 79.9. The molecule has 3 heterocycles. The third kappa shape index (κ3) is 3.54. The fourth-order valence-corrected chi connectivity index (χ4v) is 4.66. The Kier molecular flexibility index (Phi) is 5.07. The number of aliphatic hydroxyl groups is 1. The molecule has 4 N–H and O–H groups in total. The molecule has 1 aliphatic carbocycles. The third-order valence-electron chi connectivity index (χ3n) is 5.62. The number of hydrogen-bond donors (Lipinski definition) is 3. The fraction of sp³-hybridized carbons (Fsp3) is 0.611. The van der Waals surface area contributed by atoms with Gasteiger partial charge < -0.3 is 20.6 Å². The number of piperidine rings is 1. The van der Waals surface area contributed by atoms with Gasteiger partial charge in [0.2, 0.25) is 0 Å². The standard InChI is InChI=1S/C18H24BrFN4O2/c19-17-12-7-16(21)26-15(12)8-22-18(17)23-10-1-3-11(4-2-10)24-6-5-13(20)14(25)9-24/h7-8,10-11,13-14,25H,1-6,9,21H2,(H,22,23)/t10?,11?,13-,14?/m1/s1. The van der Waals surface area contributed by atoms with Gasteiger partial charge in [-0.3, -0.25) is 4.90 Å². The van der Waals surface area contributed by atoms with Crippen molar-refractivity contribution in [2.24, 2.45) is 0 Å². The van der Waals surface area contributed by atoms with E-state index in [1.54, 1.807) is 12.3 Å². The number of furan rings is 1. The molecule has 4 rings (SSSR count). The second-order valence-electron chi connectivity index (χ2n) is 7.36. The van der Waals surface area contributed by atoms with E-state index in [2.05, 4.69) is 31.1 Å². The minimum absolute atomic E-state index is 0.348. The number of anilines is 2. The maximum absolute atomic E-state index is 13.5. The minimum Gasteiger partial charge on any atom is -0.439 e. The van der Waals surface area contributed by atoms with Crippen LogP contribution in [-0.2, 0) is 0 Å². The van der Waals surface area contributed by atoms with E-state index in [1.165, 1.54) is 0 Å². The second kappa shape index (κ2) is 7.32. The van der Waals surface area contributed by atoms with E-state index in [0.29, 0.717) is 36.5 Å². The maximum Gasteiger partial charge on any atom is 0.191 e. The van der Waals surface area contributed by atoms with Crippen molar-refractivity contribution >= 4 is 38.6 Å². The van der Waals surface area contributed by atoms with Crippen LogP contribution in [-0.4, -0.2) is 52.4 Å². The summed E-state index contributed by atoms with van der Waals surface area (Å²) in [6.45, 7) is 1.20. The number of fused-ring (bicyclic) bond motifs is 1. The Morgan fingerprint density at radius 1 is 1.31 bits per heavy atom. The Balaban J connectivity index is 1.36. The molecule has 1 saturated heterocycles. The molecule has 142 valence electrons. The molecule has 0 bridgehead atoms. The van der Waals surface area contributed by atoms with E-state index in [1.807, 2.05) is 0 Å². The first-order chi connectivity index (χ1) is 12.5. The quantitative estimate of drug-likeness (QED) is 0.697. The molecule has 8 heteroatoms. The molecule has 1 saturated carbocycles. The summed E-state index contributed by atoms with van der Waals surface area (Å²) in [7, 11) is 0. The lowest BCUT2D eigenvalue weighted by Gasteiger charge is -2.41. The lowest BCUT2D eigenvalue weighted by Crippen LogP contribution is -2.50. The fourth-order valence-electron chi connectivity index (χ4n) is 4.14. The van der Waals surface area contributed by atoms with E-state index in [0.717, 1.165) is 47.9 Å². The lowest BCUT2D eigenvalue weighted by molar-refractivity contribution is -0.0178. The van der Waals surface area contributed by atoms with Crippen molar-refractivity contribution in [2.45, 2.75) is 56.5 Å². The molecule has 0 aromatic carbocycles. The summed E-state index contributed by atoms with van der Waals surface area (Å²) < 4.78 is 19.7. The van der Waals surface area contributed by atoms with Gasteiger partial charge in [0.15, 0.2) is 11.5 Å². The van der Waals surface area contributed by atoms with Crippen LogP contribution in [0.3, 0.4) is 0 Å². The first-order valence-electron chi connectivity index (χ1n) is 9.17. The number of alkyl halides is 1. The van der Waals surface area contributed by atoms with Crippen LogP contribution in [0.15, 0.2) is 21.2 Å². The van der Waals surface area contributed by atoms with Crippen LogP contribution in [0, 0.1) is 0 Å². The van der Waals surface area contributed by atoms with Gasteiger partial charge in [0.05, 0.1) is 16.8 Å². The molecule has 1 unspecified atom stereocenters. The zero-order valence-electron chi connectivity index (χ0n) is 14.5. The molecule has 2 aliphatic rings. The number of aromatic nitrogens is 1. The third-order valence-corrected chi connectivity index (χ3v) is 6.42. The molecular formula is C18H24BrFN4O2. The molecule has 0 radical (unpaired) electrons. The Labute approximate surface area is 160 Å². The summed E-state index contributed by atoms with van der Waals surface area (Å²) in [5, 5.41) is 14.2. The van der Waals surface area contributed by atoms with Crippen LogP contribution < -0.4 is 11.1 Å².